The average molecular weight is 985 g/mol. The van der Waals surface area contributed by atoms with Crippen molar-refractivity contribution in [3.8, 4) is 22.8 Å². The fourth-order valence-electron chi connectivity index (χ4n) is 9.87. The number of likely N-dealkylation sites (tertiary alicyclic amines) is 1. The smallest absolute Gasteiger partial charge is 0.247 e. The predicted molar refractivity (Wildman–Crippen MR) is 266 cm³/mol. The van der Waals surface area contributed by atoms with Crippen molar-refractivity contribution in [3.63, 3.8) is 0 Å². The summed E-state index contributed by atoms with van der Waals surface area (Å²) in [5.41, 5.74) is 5.57. The number of hydrogen-bond donors (Lipinski definition) is 2. The highest BCUT2D eigenvalue weighted by Crippen LogP contribution is 2.41. The monoisotopic (exact) mass is 983 g/mol. The molecule has 2 fully saturated rings. The third kappa shape index (κ3) is 11.4. The summed E-state index contributed by atoms with van der Waals surface area (Å²) in [6, 6.07) is 25.1. The molecule has 0 unspecified atom stereocenters. The number of nitrogens with one attached hydrogen (secondary N) is 1. The number of hydrogen-bond acceptors (Lipinski definition) is 8. The van der Waals surface area contributed by atoms with Crippen LogP contribution < -0.4 is 10.1 Å². The van der Waals surface area contributed by atoms with Gasteiger partial charge in [0.1, 0.15) is 29.4 Å². The Balaban J connectivity index is 0.00000684. The number of carbonyl (C=O) groups excluding carboxylic acids is 4. The Kier molecular flexibility index (Phi) is 16.6. The maximum Gasteiger partial charge on any atom is 0.247 e. The standard InChI is InChI=1S/C52H59Cl2N7O6.ClH/c1-33-50(64)56-45(32-62)52(66)58(3)40(25-34-11-17-38(53)18-12-34)30-57(2)51(65)44(43-22-16-35-9-5-6-10-42(35)43)27-49(63)61(33)29-37-13-19-39(54)26-47(37)67-41-20-14-36(15-21-41)46-28-55-48(59(46)4)31-60-23-7-8-24-60;/h5-6,9-15,17-21,26,28,33,40,43-45,62H,7-8,16,22-25,27,29-32H2,1-4H3,(H,56,64);1H/t33-,40+,43-,44-,45-;/m0./s1. The molecule has 68 heavy (non-hydrogen) atoms. The molecule has 0 bridgehead atoms. The van der Waals surface area contributed by atoms with E-state index in [4.69, 9.17) is 32.9 Å². The first-order chi connectivity index (χ1) is 32.3. The van der Waals surface area contributed by atoms with Gasteiger partial charge < -0.3 is 34.4 Å². The molecule has 2 aliphatic heterocycles. The van der Waals surface area contributed by atoms with Gasteiger partial charge in [-0.2, -0.15) is 0 Å². The molecular weight excluding hydrogens is 925 g/mol. The van der Waals surface area contributed by atoms with Gasteiger partial charge in [-0.15, -0.1) is 12.4 Å². The summed E-state index contributed by atoms with van der Waals surface area (Å²) in [6.07, 6.45) is 5.93. The third-order valence-electron chi connectivity index (χ3n) is 13.9. The molecule has 16 heteroatoms. The van der Waals surface area contributed by atoms with Gasteiger partial charge >= 0.3 is 0 Å². The number of fused-ring (bicyclic) bond motifs is 1. The van der Waals surface area contributed by atoms with Crippen LogP contribution in [0, 0.1) is 5.92 Å². The number of aliphatic hydroxyl groups excluding tert-OH is 1. The van der Waals surface area contributed by atoms with Gasteiger partial charge in [0, 0.05) is 55.3 Å². The molecule has 0 radical (unpaired) electrons. The first kappa shape index (κ1) is 50.4. The number of benzene rings is 4. The number of aliphatic hydroxyl groups is 1. The van der Waals surface area contributed by atoms with Crippen LogP contribution in [0.4, 0.5) is 0 Å². The lowest BCUT2D eigenvalue weighted by molar-refractivity contribution is -0.148. The zero-order valence-corrected chi connectivity index (χ0v) is 41.3. The fourth-order valence-corrected chi connectivity index (χ4v) is 10.2. The van der Waals surface area contributed by atoms with Gasteiger partial charge in [-0.05, 0) is 123 Å². The minimum atomic E-state index is -1.32. The number of nitrogens with zero attached hydrogens (tertiary/aromatic N) is 6. The van der Waals surface area contributed by atoms with Crippen LogP contribution in [0.25, 0.3) is 11.3 Å². The van der Waals surface area contributed by atoms with E-state index in [0.29, 0.717) is 39.9 Å². The Labute approximate surface area is 414 Å². The molecule has 4 amide bonds. The van der Waals surface area contributed by atoms with Gasteiger partial charge in [-0.1, -0.05) is 65.7 Å². The Morgan fingerprint density at radius 3 is 2.26 bits per heavy atom. The summed E-state index contributed by atoms with van der Waals surface area (Å²) in [5, 5.41) is 14.3. The van der Waals surface area contributed by atoms with Gasteiger partial charge in [0.25, 0.3) is 0 Å². The number of halogens is 3. The molecule has 1 aliphatic carbocycles. The highest BCUT2D eigenvalue weighted by molar-refractivity contribution is 6.31. The Morgan fingerprint density at radius 2 is 1.54 bits per heavy atom. The predicted octanol–water partition coefficient (Wildman–Crippen LogP) is 7.68. The highest BCUT2D eigenvalue weighted by Gasteiger charge is 2.41. The van der Waals surface area contributed by atoms with E-state index in [1.54, 1.807) is 56.3 Å². The molecule has 3 heterocycles. The third-order valence-corrected chi connectivity index (χ3v) is 14.4. The normalized spacial score (nSPS) is 21.9. The van der Waals surface area contributed by atoms with Crippen molar-refractivity contribution >= 4 is 59.2 Å². The first-order valence-corrected chi connectivity index (χ1v) is 23.9. The summed E-state index contributed by atoms with van der Waals surface area (Å²) in [5.74, 6) is -0.973. The van der Waals surface area contributed by atoms with E-state index in [2.05, 4.69) is 20.9 Å². The number of likely N-dealkylation sites (N-methyl/N-ethyl adjacent to an activating group) is 2. The number of ether oxygens (including phenoxy) is 1. The van der Waals surface area contributed by atoms with Crippen LogP contribution in [0.15, 0.2) is 97.2 Å². The number of rotatable bonds is 11. The molecule has 0 saturated carbocycles. The quantitative estimate of drug-likeness (QED) is 0.138. The van der Waals surface area contributed by atoms with Crippen LogP contribution in [0.3, 0.4) is 0 Å². The van der Waals surface area contributed by atoms with Crippen LogP contribution in [-0.2, 0) is 52.2 Å². The summed E-state index contributed by atoms with van der Waals surface area (Å²) in [7, 11) is 5.36. The van der Waals surface area contributed by atoms with E-state index in [9.17, 15) is 19.5 Å². The van der Waals surface area contributed by atoms with Crippen LogP contribution >= 0.6 is 35.6 Å². The summed E-state index contributed by atoms with van der Waals surface area (Å²) in [4.78, 5) is 70.3. The molecule has 4 aromatic carbocycles. The van der Waals surface area contributed by atoms with Crippen molar-refractivity contribution in [2.75, 3.05) is 40.3 Å². The van der Waals surface area contributed by atoms with E-state index in [1.807, 2.05) is 67.8 Å². The summed E-state index contributed by atoms with van der Waals surface area (Å²) in [6.45, 7) is 3.91. The summed E-state index contributed by atoms with van der Waals surface area (Å²) >= 11 is 12.8. The minimum Gasteiger partial charge on any atom is -0.457 e. The zero-order chi connectivity index (χ0) is 47.4. The number of carbonyl (C=O) groups is 4. The minimum absolute atomic E-state index is 0. The Morgan fingerprint density at radius 1 is 0.838 bits per heavy atom. The molecule has 5 aromatic rings. The van der Waals surface area contributed by atoms with Crippen molar-refractivity contribution in [2.45, 2.75) is 82.6 Å². The van der Waals surface area contributed by atoms with Crippen LogP contribution in [0.1, 0.15) is 66.6 Å². The van der Waals surface area contributed by atoms with Crippen molar-refractivity contribution in [1.82, 2.24) is 34.5 Å². The Hall–Kier alpha value is -5.44. The van der Waals surface area contributed by atoms with E-state index >= 15 is 4.79 Å². The topological polar surface area (TPSA) is 141 Å². The van der Waals surface area contributed by atoms with E-state index < -0.39 is 48.4 Å². The van der Waals surface area contributed by atoms with Crippen molar-refractivity contribution < 1.29 is 29.0 Å². The van der Waals surface area contributed by atoms with Crippen molar-refractivity contribution in [1.29, 1.82) is 0 Å². The molecule has 13 nitrogen and oxygen atoms in total. The maximum absolute atomic E-state index is 15.1. The van der Waals surface area contributed by atoms with Gasteiger partial charge in [0.05, 0.1) is 43.5 Å². The lowest BCUT2D eigenvalue weighted by Gasteiger charge is -2.38. The Bertz CT molecular complexity index is 2580. The first-order valence-electron chi connectivity index (χ1n) is 23.1. The molecule has 360 valence electrons. The number of aromatic nitrogens is 2. The molecule has 1 aromatic heterocycles. The molecule has 3 aliphatic rings. The van der Waals surface area contributed by atoms with Crippen molar-refractivity contribution in [2.24, 2.45) is 13.0 Å². The highest BCUT2D eigenvalue weighted by atomic mass is 35.5. The van der Waals surface area contributed by atoms with E-state index in [1.165, 1.54) is 22.6 Å². The molecule has 2 N–H and O–H groups in total. The SMILES string of the molecule is C[C@H]1C(=O)N[C@@H](CO)C(=O)N(C)[C@H](Cc2ccc(Cl)cc2)CN(C)C(=O)[C@H]([C@H]2CCc3ccccc32)CC(=O)N1Cc1ccc(Cl)cc1Oc1ccc(-c2cnc(CN3CCCC3)n2C)cc1.Cl. The molecule has 5 atom stereocenters. The molecule has 0 spiro atoms. The van der Waals surface area contributed by atoms with Gasteiger partial charge in [0.2, 0.25) is 23.6 Å². The second-order valence-corrected chi connectivity index (χ2v) is 19.1. The van der Waals surface area contributed by atoms with Gasteiger partial charge in [0.15, 0.2) is 0 Å². The van der Waals surface area contributed by atoms with Gasteiger partial charge in [-0.25, -0.2) is 4.98 Å². The molecule has 8 rings (SSSR count). The van der Waals surface area contributed by atoms with Crippen molar-refractivity contribution in [3.05, 3.63) is 135 Å². The lowest BCUT2D eigenvalue weighted by Crippen LogP contribution is -2.58. The largest absolute Gasteiger partial charge is 0.457 e. The van der Waals surface area contributed by atoms with Crippen LogP contribution in [0.5, 0.6) is 11.5 Å². The molecule has 2 saturated heterocycles. The molecular formula is C52H60Cl3N7O6. The number of imidazole rings is 1. The van der Waals surface area contributed by atoms with Gasteiger partial charge in [-0.3, -0.25) is 24.1 Å². The maximum atomic E-state index is 15.1. The number of aryl methyl sites for hydroxylation is 1. The van der Waals surface area contributed by atoms with E-state index in [-0.39, 0.29) is 43.7 Å². The van der Waals surface area contributed by atoms with Crippen LogP contribution in [-0.4, -0.2) is 116 Å². The van der Waals surface area contributed by atoms with Crippen LogP contribution in [0.2, 0.25) is 10.0 Å². The van der Waals surface area contributed by atoms with E-state index in [0.717, 1.165) is 59.8 Å². The second kappa shape index (κ2) is 22.3. The zero-order valence-electron chi connectivity index (χ0n) is 38.9. The fraction of sp³-hybridized carbons (Fsp3) is 0.404. The second-order valence-electron chi connectivity index (χ2n) is 18.2. The number of amides is 4. The average Bonchev–Trinajstić information content (AvgIpc) is 4.10. The lowest BCUT2D eigenvalue weighted by atomic mass is 9.83. The summed E-state index contributed by atoms with van der Waals surface area (Å²) < 4.78 is 8.62.